The standard InChI is InChI=1S/C8H14O2S2/c1-6(10-7(2)9)5-8-11-3-4-12-8/h6,8H,3-5H2,1-2H3. The molecule has 0 aromatic heterocycles. The Morgan fingerprint density at radius 1 is 1.58 bits per heavy atom. The number of esters is 1. The van der Waals surface area contributed by atoms with Crippen molar-refractivity contribution in [3.8, 4) is 0 Å². The fraction of sp³-hybridized carbons (Fsp3) is 0.875. The largest absolute Gasteiger partial charge is 0.463 e. The van der Waals surface area contributed by atoms with Crippen LogP contribution in [0.25, 0.3) is 0 Å². The summed E-state index contributed by atoms with van der Waals surface area (Å²) in [6.45, 7) is 3.42. The highest BCUT2D eigenvalue weighted by atomic mass is 32.2. The quantitative estimate of drug-likeness (QED) is 0.661. The van der Waals surface area contributed by atoms with Crippen molar-refractivity contribution >= 4 is 29.5 Å². The summed E-state index contributed by atoms with van der Waals surface area (Å²) in [5, 5.41) is 0. The van der Waals surface area contributed by atoms with E-state index in [-0.39, 0.29) is 12.1 Å². The van der Waals surface area contributed by atoms with E-state index in [1.807, 2.05) is 30.4 Å². The molecule has 1 atom stereocenters. The van der Waals surface area contributed by atoms with Crippen LogP contribution in [0.4, 0.5) is 0 Å². The number of carbonyl (C=O) groups excluding carboxylic acids is 1. The van der Waals surface area contributed by atoms with Gasteiger partial charge in [0, 0.05) is 24.9 Å². The summed E-state index contributed by atoms with van der Waals surface area (Å²) in [4.78, 5) is 10.6. The van der Waals surface area contributed by atoms with Crippen molar-refractivity contribution in [2.24, 2.45) is 0 Å². The van der Waals surface area contributed by atoms with Crippen molar-refractivity contribution in [1.82, 2.24) is 0 Å². The molecule has 2 nitrogen and oxygen atoms in total. The molecule has 0 aliphatic carbocycles. The second kappa shape index (κ2) is 5.02. The minimum Gasteiger partial charge on any atom is -0.463 e. The van der Waals surface area contributed by atoms with E-state index in [0.717, 1.165) is 6.42 Å². The van der Waals surface area contributed by atoms with E-state index in [4.69, 9.17) is 4.74 Å². The van der Waals surface area contributed by atoms with Gasteiger partial charge in [0.05, 0.1) is 4.58 Å². The number of thioether (sulfide) groups is 2. The van der Waals surface area contributed by atoms with Crippen molar-refractivity contribution in [3.63, 3.8) is 0 Å². The van der Waals surface area contributed by atoms with E-state index in [9.17, 15) is 4.79 Å². The third kappa shape index (κ3) is 3.72. The van der Waals surface area contributed by atoms with Crippen molar-refractivity contribution in [2.75, 3.05) is 11.5 Å². The van der Waals surface area contributed by atoms with Crippen LogP contribution in [0.2, 0.25) is 0 Å². The van der Waals surface area contributed by atoms with Gasteiger partial charge in [-0.25, -0.2) is 0 Å². The predicted octanol–water partition coefficient (Wildman–Crippen LogP) is 2.13. The van der Waals surface area contributed by atoms with Crippen LogP contribution >= 0.6 is 23.5 Å². The molecule has 0 aromatic rings. The molecule has 12 heavy (non-hydrogen) atoms. The van der Waals surface area contributed by atoms with Gasteiger partial charge in [-0.05, 0) is 6.92 Å². The molecule has 70 valence electrons. The minimum absolute atomic E-state index is 0.0746. The number of hydrogen-bond donors (Lipinski definition) is 0. The van der Waals surface area contributed by atoms with E-state index >= 15 is 0 Å². The highest BCUT2D eigenvalue weighted by Gasteiger charge is 2.19. The molecule has 0 aromatic carbocycles. The van der Waals surface area contributed by atoms with Gasteiger partial charge in [0.25, 0.3) is 0 Å². The van der Waals surface area contributed by atoms with Crippen LogP contribution in [0.3, 0.4) is 0 Å². The summed E-state index contributed by atoms with van der Waals surface area (Å²) in [6.07, 6.45) is 1.06. The Balaban J connectivity index is 2.16. The summed E-state index contributed by atoms with van der Waals surface area (Å²) in [5.74, 6) is 2.31. The smallest absolute Gasteiger partial charge is 0.302 e. The Hall–Kier alpha value is 0.170. The third-order valence-electron chi connectivity index (χ3n) is 1.58. The molecule has 0 radical (unpaired) electrons. The third-order valence-corrected chi connectivity index (χ3v) is 4.67. The van der Waals surface area contributed by atoms with Crippen molar-refractivity contribution < 1.29 is 9.53 Å². The zero-order chi connectivity index (χ0) is 8.97. The Kier molecular flexibility index (Phi) is 4.29. The average Bonchev–Trinajstić information content (AvgIpc) is 2.37. The van der Waals surface area contributed by atoms with E-state index < -0.39 is 0 Å². The van der Waals surface area contributed by atoms with Crippen LogP contribution in [0.15, 0.2) is 0 Å². The predicted molar refractivity (Wildman–Crippen MR) is 54.5 cm³/mol. The molecule has 1 saturated heterocycles. The number of rotatable bonds is 3. The van der Waals surface area contributed by atoms with Gasteiger partial charge in [-0.1, -0.05) is 0 Å². The van der Waals surface area contributed by atoms with Gasteiger partial charge < -0.3 is 4.74 Å². The van der Waals surface area contributed by atoms with Gasteiger partial charge in [-0.15, -0.1) is 23.5 Å². The van der Waals surface area contributed by atoms with E-state index in [2.05, 4.69) is 0 Å². The lowest BCUT2D eigenvalue weighted by atomic mass is 10.3. The molecule has 0 N–H and O–H groups in total. The van der Waals surface area contributed by atoms with Crippen molar-refractivity contribution in [3.05, 3.63) is 0 Å². The molecule has 1 aliphatic rings. The molecular formula is C8H14O2S2. The minimum atomic E-state index is -0.171. The first-order valence-corrected chi connectivity index (χ1v) is 6.18. The second-order valence-corrected chi connectivity index (χ2v) is 5.75. The molecule has 4 heteroatoms. The Labute approximate surface area is 81.8 Å². The molecule has 0 saturated carbocycles. The van der Waals surface area contributed by atoms with Gasteiger partial charge in [0.15, 0.2) is 0 Å². The number of hydrogen-bond acceptors (Lipinski definition) is 4. The summed E-state index contributed by atoms with van der Waals surface area (Å²) >= 11 is 3.94. The molecule has 0 amide bonds. The van der Waals surface area contributed by atoms with Gasteiger partial charge >= 0.3 is 5.97 Å². The van der Waals surface area contributed by atoms with E-state index in [0.29, 0.717) is 4.58 Å². The molecule has 1 unspecified atom stereocenters. The molecule has 0 spiro atoms. The van der Waals surface area contributed by atoms with Crippen LogP contribution in [-0.4, -0.2) is 28.2 Å². The number of ether oxygens (including phenoxy) is 1. The lowest BCUT2D eigenvalue weighted by molar-refractivity contribution is -0.145. The summed E-state index contributed by atoms with van der Waals surface area (Å²) in [5.41, 5.74) is 0. The molecule has 0 bridgehead atoms. The Bertz CT molecular complexity index is 155. The summed E-state index contributed by atoms with van der Waals surface area (Å²) in [6, 6.07) is 0. The lowest BCUT2D eigenvalue weighted by Gasteiger charge is -2.14. The van der Waals surface area contributed by atoms with Crippen LogP contribution in [0.1, 0.15) is 20.3 Å². The normalized spacial score (nSPS) is 20.8. The van der Waals surface area contributed by atoms with E-state index in [1.165, 1.54) is 18.4 Å². The second-order valence-electron chi connectivity index (χ2n) is 2.83. The zero-order valence-electron chi connectivity index (χ0n) is 7.41. The van der Waals surface area contributed by atoms with Gasteiger partial charge in [-0.2, -0.15) is 0 Å². The van der Waals surface area contributed by atoms with E-state index in [1.54, 1.807) is 0 Å². The highest BCUT2D eigenvalue weighted by molar-refractivity contribution is 8.20. The first-order valence-electron chi connectivity index (χ1n) is 4.09. The molecule has 1 heterocycles. The Morgan fingerprint density at radius 2 is 2.17 bits per heavy atom. The van der Waals surface area contributed by atoms with Crippen molar-refractivity contribution in [2.45, 2.75) is 31.0 Å². The first-order chi connectivity index (χ1) is 5.68. The van der Waals surface area contributed by atoms with Crippen LogP contribution < -0.4 is 0 Å². The molecule has 1 rings (SSSR count). The molecule has 1 aliphatic heterocycles. The fourth-order valence-corrected chi connectivity index (χ4v) is 4.22. The topological polar surface area (TPSA) is 26.3 Å². The van der Waals surface area contributed by atoms with Crippen LogP contribution in [0.5, 0.6) is 0 Å². The van der Waals surface area contributed by atoms with Crippen molar-refractivity contribution in [1.29, 1.82) is 0 Å². The number of carbonyl (C=O) groups is 1. The SMILES string of the molecule is CC(=O)OC(C)CC1SCCS1. The Morgan fingerprint density at radius 3 is 2.67 bits per heavy atom. The fourth-order valence-electron chi connectivity index (χ4n) is 1.15. The average molecular weight is 206 g/mol. The highest BCUT2D eigenvalue weighted by Crippen LogP contribution is 2.35. The maximum atomic E-state index is 10.6. The molecule has 1 fully saturated rings. The summed E-state index contributed by atoms with van der Waals surface area (Å²) in [7, 11) is 0. The monoisotopic (exact) mass is 206 g/mol. The lowest BCUT2D eigenvalue weighted by Crippen LogP contribution is -2.15. The van der Waals surface area contributed by atoms with Gasteiger partial charge in [0.2, 0.25) is 0 Å². The van der Waals surface area contributed by atoms with Crippen LogP contribution in [-0.2, 0) is 9.53 Å². The maximum Gasteiger partial charge on any atom is 0.302 e. The molecular weight excluding hydrogens is 192 g/mol. The van der Waals surface area contributed by atoms with Crippen LogP contribution in [0, 0.1) is 0 Å². The maximum absolute atomic E-state index is 10.6. The zero-order valence-corrected chi connectivity index (χ0v) is 9.04. The van der Waals surface area contributed by atoms with Gasteiger partial charge in [0.1, 0.15) is 6.10 Å². The first kappa shape index (κ1) is 10.3. The van der Waals surface area contributed by atoms with Gasteiger partial charge in [-0.3, -0.25) is 4.79 Å². The summed E-state index contributed by atoms with van der Waals surface area (Å²) < 4.78 is 5.68.